The maximum atomic E-state index is 12.0. The molecule has 1 aromatic rings. The van der Waals surface area contributed by atoms with Crippen LogP contribution in [0.2, 0.25) is 0 Å². The van der Waals surface area contributed by atoms with Crippen LogP contribution in [0.3, 0.4) is 0 Å². The highest BCUT2D eigenvalue weighted by Gasteiger charge is 2.43. The highest BCUT2D eigenvalue weighted by molar-refractivity contribution is 8.00. The quantitative estimate of drug-likeness (QED) is 0.576. The summed E-state index contributed by atoms with van der Waals surface area (Å²) in [5, 5.41) is 0.0893. The minimum Gasteiger partial charge on any atom is -0.387 e. The van der Waals surface area contributed by atoms with Crippen LogP contribution in [0.4, 0.5) is 0 Å². The van der Waals surface area contributed by atoms with E-state index in [2.05, 4.69) is 4.98 Å². The van der Waals surface area contributed by atoms with E-state index in [1.807, 2.05) is 0 Å². The first-order valence-electron chi connectivity index (χ1n) is 5.50. The molecule has 2 aliphatic heterocycles. The first-order valence-corrected chi connectivity index (χ1v) is 6.55. The minimum absolute atomic E-state index is 0.0322. The van der Waals surface area contributed by atoms with Crippen molar-refractivity contribution in [3.8, 4) is 6.01 Å². The molecule has 0 aromatic carbocycles. The van der Waals surface area contributed by atoms with Gasteiger partial charge in [0, 0.05) is 25.2 Å². The van der Waals surface area contributed by atoms with Crippen molar-refractivity contribution in [3.05, 3.63) is 24.2 Å². The molecule has 1 aromatic heterocycles. The minimum atomic E-state index is -0.525. The molecule has 0 aliphatic carbocycles. The van der Waals surface area contributed by atoms with E-state index in [-0.39, 0.29) is 17.3 Å². The Balaban J connectivity index is 1.78. The smallest absolute Gasteiger partial charge is 0.362 e. The van der Waals surface area contributed by atoms with Crippen LogP contribution in [0.1, 0.15) is 6.42 Å². The van der Waals surface area contributed by atoms with Crippen LogP contribution in [0.15, 0.2) is 24.2 Å². The molecule has 6 nitrogen and oxygen atoms in total. The number of aryl methyl sites for hydroxylation is 1. The van der Waals surface area contributed by atoms with E-state index < -0.39 is 5.97 Å². The topological polar surface area (TPSA) is 64.4 Å². The summed E-state index contributed by atoms with van der Waals surface area (Å²) < 4.78 is 6.77. The summed E-state index contributed by atoms with van der Waals surface area (Å²) in [6.07, 6.45) is 5.46. The number of nitrogens with zero attached hydrogens (tertiary/aromatic N) is 3. The predicted octanol–water partition coefficient (Wildman–Crippen LogP) is 0.515. The van der Waals surface area contributed by atoms with Gasteiger partial charge in [-0.2, -0.15) is 0 Å². The Morgan fingerprint density at radius 3 is 3.11 bits per heavy atom. The fraction of sp³-hybridized carbons (Fsp3) is 0.364. The lowest BCUT2D eigenvalue weighted by molar-refractivity contribution is -0.145. The largest absolute Gasteiger partial charge is 0.387 e. The third-order valence-electron chi connectivity index (χ3n) is 2.90. The maximum absolute atomic E-state index is 12.0. The number of thioether (sulfide) groups is 1. The lowest BCUT2D eigenvalue weighted by atomic mass is 10.1. The number of rotatable bonds is 2. The van der Waals surface area contributed by atoms with E-state index >= 15 is 0 Å². The summed E-state index contributed by atoms with van der Waals surface area (Å²) in [6, 6.07) is 0.226. The molecule has 3 heterocycles. The highest BCUT2D eigenvalue weighted by Crippen LogP contribution is 2.37. The van der Waals surface area contributed by atoms with Crippen molar-refractivity contribution in [1.29, 1.82) is 0 Å². The molecule has 0 spiro atoms. The summed E-state index contributed by atoms with van der Waals surface area (Å²) in [4.78, 5) is 28.9. The first kappa shape index (κ1) is 11.3. The summed E-state index contributed by atoms with van der Waals surface area (Å²) in [7, 11) is 1.73. The van der Waals surface area contributed by atoms with Gasteiger partial charge in [-0.15, -0.1) is 11.8 Å². The third-order valence-corrected chi connectivity index (χ3v) is 4.02. The number of hydrogen-bond acceptors (Lipinski definition) is 5. The number of hydrogen-bond donors (Lipinski definition) is 0. The van der Waals surface area contributed by atoms with Gasteiger partial charge in [-0.3, -0.25) is 9.69 Å². The van der Waals surface area contributed by atoms with Crippen molar-refractivity contribution >= 4 is 23.6 Å². The average Bonchev–Trinajstić information content (AvgIpc) is 2.73. The Labute approximate surface area is 108 Å². The van der Waals surface area contributed by atoms with Crippen LogP contribution in [0.5, 0.6) is 6.01 Å². The standard InChI is InChI=1S/C11H11N3O3S/c1-13-4-3-12-11(13)17-10(16)7-2-5-18-9-6-8(15)14(7)9/h2-4,9H,5-6H2,1H3/t9-/m0/s1. The van der Waals surface area contributed by atoms with Gasteiger partial charge in [-0.1, -0.05) is 0 Å². The Morgan fingerprint density at radius 2 is 2.44 bits per heavy atom. The summed E-state index contributed by atoms with van der Waals surface area (Å²) in [5.41, 5.74) is 0.331. The number of amides is 1. The van der Waals surface area contributed by atoms with Crippen molar-refractivity contribution in [2.24, 2.45) is 7.05 Å². The van der Waals surface area contributed by atoms with Crippen LogP contribution >= 0.6 is 11.8 Å². The van der Waals surface area contributed by atoms with Gasteiger partial charge in [0.25, 0.3) is 0 Å². The molecule has 94 valence electrons. The third kappa shape index (κ3) is 1.71. The molecule has 0 radical (unpaired) electrons. The van der Waals surface area contributed by atoms with E-state index in [0.717, 1.165) is 5.75 Å². The first-order chi connectivity index (χ1) is 8.66. The molecule has 1 saturated heterocycles. The number of carbonyl (C=O) groups is 2. The van der Waals surface area contributed by atoms with Gasteiger partial charge in [-0.25, -0.2) is 9.78 Å². The summed E-state index contributed by atoms with van der Waals surface area (Å²) >= 11 is 1.65. The number of aromatic nitrogens is 2. The zero-order valence-electron chi connectivity index (χ0n) is 9.70. The Bertz CT molecular complexity index is 551. The van der Waals surface area contributed by atoms with E-state index in [4.69, 9.17) is 4.74 Å². The molecular weight excluding hydrogens is 254 g/mol. The van der Waals surface area contributed by atoms with Crippen LogP contribution in [0, 0.1) is 0 Å². The number of esters is 1. The van der Waals surface area contributed by atoms with E-state index in [9.17, 15) is 9.59 Å². The zero-order chi connectivity index (χ0) is 12.7. The predicted molar refractivity (Wildman–Crippen MR) is 64.6 cm³/mol. The van der Waals surface area contributed by atoms with E-state index in [0.29, 0.717) is 12.1 Å². The molecule has 2 aliphatic rings. The Kier molecular flexibility index (Phi) is 2.62. The molecule has 18 heavy (non-hydrogen) atoms. The fourth-order valence-corrected chi connectivity index (χ4v) is 3.03. The second kappa shape index (κ2) is 4.16. The van der Waals surface area contributed by atoms with Gasteiger partial charge >= 0.3 is 12.0 Å². The van der Waals surface area contributed by atoms with Crippen LogP contribution in [-0.4, -0.2) is 37.5 Å². The monoisotopic (exact) mass is 265 g/mol. The normalized spacial score (nSPS) is 22.1. The zero-order valence-corrected chi connectivity index (χ0v) is 10.5. The molecule has 1 fully saturated rings. The lowest BCUT2D eigenvalue weighted by Gasteiger charge is -2.42. The fourth-order valence-electron chi connectivity index (χ4n) is 1.91. The van der Waals surface area contributed by atoms with Gasteiger partial charge in [0.05, 0.1) is 11.8 Å². The average molecular weight is 265 g/mol. The number of ether oxygens (including phenoxy) is 1. The van der Waals surface area contributed by atoms with Gasteiger partial charge in [0.2, 0.25) is 5.91 Å². The summed E-state index contributed by atoms with van der Waals surface area (Å²) in [6.45, 7) is 0. The van der Waals surface area contributed by atoms with Crippen LogP contribution < -0.4 is 4.74 Å². The summed E-state index contributed by atoms with van der Waals surface area (Å²) in [5.74, 6) is 0.164. The molecular formula is C11H11N3O3S. The van der Waals surface area contributed by atoms with E-state index in [1.165, 1.54) is 4.90 Å². The number of imidazole rings is 1. The number of β-lactam (4-membered cyclic amide) rings is 1. The van der Waals surface area contributed by atoms with Crippen molar-refractivity contribution < 1.29 is 14.3 Å². The van der Waals surface area contributed by atoms with Crippen LogP contribution in [-0.2, 0) is 16.6 Å². The van der Waals surface area contributed by atoms with Gasteiger partial charge in [-0.05, 0) is 6.08 Å². The van der Waals surface area contributed by atoms with Crippen LogP contribution in [0.25, 0.3) is 0 Å². The van der Waals surface area contributed by atoms with Crippen molar-refractivity contribution in [1.82, 2.24) is 14.5 Å². The highest BCUT2D eigenvalue weighted by atomic mass is 32.2. The second-order valence-corrected chi connectivity index (χ2v) is 5.27. The van der Waals surface area contributed by atoms with Gasteiger partial charge in [0.1, 0.15) is 5.70 Å². The maximum Gasteiger partial charge on any atom is 0.362 e. The molecule has 0 N–H and O–H groups in total. The van der Waals surface area contributed by atoms with Crippen molar-refractivity contribution in [2.75, 3.05) is 5.75 Å². The van der Waals surface area contributed by atoms with E-state index in [1.54, 1.807) is 41.8 Å². The second-order valence-electron chi connectivity index (χ2n) is 4.06. The van der Waals surface area contributed by atoms with Gasteiger partial charge in [0.15, 0.2) is 0 Å². The van der Waals surface area contributed by atoms with Gasteiger partial charge < -0.3 is 9.30 Å². The van der Waals surface area contributed by atoms with Crippen molar-refractivity contribution in [3.63, 3.8) is 0 Å². The number of fused-ring (bicyclic) bond motifs is 1. The molecule has 0 bridgehead atoms. The SMILES string of the molecule is Cn1ccnc1OC(=O)C1=CCS[C@H]2CC(=O)N12. The molecule has 0 unspecified atom stereocenters. The molecule has 3 rings (SSSR count). The van der Waals surface area contributed by atoms with Crippen molar-refractivity contribution in [2.45, 2.75) is 11.8 Å². The molecule has 1 amide bonds. The lowest BCUT2D eigenvalue weighted by Crippen LogP contribution is -2.53. The Hall–Kier alpha value is -1.76. The molecule has 1 atom stereocenters. The molecule has 0 saturated carbocycles. The molecule has 7 heteroatoms. The Morgan fingerprint density at radius 1 is 1.61 bits per heavy atom. The number of carbonyl (C=O) groups excluding carboxylic acids is 2.